The number of aromatic amines is 1. The van der Waals surface area contributed by atoms with Crippen molar-refractivity contribution in [3.63, 3.8) is 0 Å². The summed E-state index contributed by atoms with van der Waals surface area (Å²) in [6.45, 7) is 0. The molecule has 3 heterocycles. The number of nitrogens with one attached hydrogen (secondary N) is 2. The van der Waals surface area contributed by atoms with Gasteiger partial charge < -0.3 is 15.0 Å². The summed E-state index contributed by atoms with van der Waals surface area (Å²) >= 11 is 5.68. The average Bonchev–Trinajstić information content (AvgIpc) is 3.50. The van der Waals surface area contributed by atoms with Gasteiger partial charge in [-0.3, -0.25) is 4.79 Å². The molecule has 0 unspecified atom stereocenters. The van der Waals surface area contributed by atoms with E-state index in [9.17, 15) is 22.4 Å². The van der Waals surface area contributed by atoms with E-state index in [1.54, 1.807) is 24.5 Å². The van der Waals surface area contributed by atoms with Gasteiger partial charge in [0, 0.05) is 18.1 Å². The van der Waals surface area contributed by atoms with Crippen molar-refractivity contribution in [3.05, 3.63) is 89.2 Å². The van der Waals surface area contributed by atoms with Crippen LogP contribution in [0.4, 0.5) is 23.2 Å². The molecule has 8 nitrogen and oxygen atoms in total. The molecule has 0 spiro atoms. The molecule has 0 aliphatic heterocycles. The maximum atomic E-state index is 13.8. The van der Waals surface area contributed by atoms with Gasteiger partial charge >= 0.3 is 6.18 Å². The minimum absolute atomic E-state index is 0.196. The number of hydrogen-bond acceptors (Lipinski definition) is 5. The number of carbonyl (C=O) groups is 1. The van der Waals surface area contributed by atoms with E-state index in [0.717, 1.165) is 23.6 Å². The van der Waals surface area contributed by atoms with Crippen molar-refractivity contribution < 1.29 is 27.1 Å². The number of hydrogen-bond donors (Lipinski definition) is 2. The molecule has 182 valence electrons. The number of aromatic nitrogens is 5. The smallest absolute Gasteiger partial charge is 0.435 e. The van der Waals surface area contributed by atoms with Crippen molar-refractivity contribution in [2.24, 2.45) is 0 Å². The second-order valence-electron chi connectivity index (χ2n) is 7.42. The van der Waals surface area contributed by atoms with Crippen LogP contribution < -0.4 is 10.1 Å². The fourth-order valence-electron chi connectivity index (χ4n) is 3.43. The van der Waals surface area contributed by atoms with Gasteiger partial charge in [0.1, 0.15) is 23.0 Å². The van der Waals surface area contributed by atoms with E-state index in [0.29, 0.717) is 21.8 Å². The summed E-state index contributed by atoms with van der Waals surface area (Å²) in [5.41, 5.74) is -1.77. The number of carbonyl (C=O) groups excluding carboxylic acids is 1. The van der Waals surface area contributed by atoms with Crippen LogP contribution in [0.1, 0.15) is 16.2 Å². The number of halogens is 5. The largest absolute Gasteiger partial charge is 0.457 e. The van der Waals surface area contributed by atoms with Crippen molar-refractivity contribution in [1.82, 2.24) is 25.0 Å². The zero-order valence-electron chi connectivity index (χ0n) is 17.8. The summed E-state index contributed by atoms with van der Waals surface area (Å²) in [5, 5.41) is 9.58. The number of amides is 1. The van der Waals surface area contributed by atoms with Gasteiger partial charge in [-0.1, -0.05) is 16.8 Å². The summed E-state index contributed by atoms with van der Waals surface area (Å²) in [5.74, 6) is -0.985. The average molecular weight is 517 g/mol. The monoisotopic (exact) mass is 516 g/mol. The lowest BCUT2D eigenvalue weighted by Gasteiger charge is -2.12. The summed E-state index contributed by atoms with van der Waals surface area (Å²) in [7, 11) is 0. The molecule has 5 aromatic rings. The number of nitrogens with zero attached hydrogens (tertiary/aromatic N) is 4. The van der Waals surface area contributed by atoms with Crippen LogP contribution in [0.5, 0.6) is 11.5 Å². The van der Waals surface area contributed by atoms with Crippen LogP contribution in [0, 0.1) is 5.82 Å². The molecule has 2 N–H and O–H groups in total. The number of H-pyrrole nitrogens is 1. The molecule has 0 bridgehead atoms. The first-order valence-corrected chi connectivity index (χ1v) is 10.6. The lowest BCUT2D eigenvalue weighted by molar-refractivity contribution is -0.143. The molecule has 5 rings (SSSR count). The van der Waals surface area contributed by atoms with E-state index in [1.807, 2.05) is 0 Å². The minimum atomic E-state index is -5.00. The minimum Gasteiger partial charge on any atom is -0.457 e. The Labute approximate surface area is 204 Å². The van der Waals surface area contributed by atoms with Crippen molar-refractivity contribution >= 4 is 34.2 Å². The van der Waals surface area contributed by atoms with Gasteiger partial charge in [-0.15, -0.1) is 5.10 Å². The molecule has 36 heavy (non-hydrogen) atoms. The maximum Gasteiger partial charge on any atom is 0.435 e. The van der Waals surface area contributed by atoms with Crippen LogP contribution in [0.3, 0.4) is 0 Å². The molecule has 0 saturated carbocycles. The Bertz CT molecular complexity index is 1580. The zero-order chi connectivity index (χ0) is 25.4. The predicted molar refractivity (Wildman–Crippen MR) is 122 cm³/mol. The van der Waals surface area contributed by atoms with E-state index in [1.165, 1.54) is 24.3 Å². The van der Waals surface area contributed by atoms with Gasteiger partial charge in [-0.2, -0.15) is 13.2 Å². The maximum absolute atomic E-state index is 13.8. The van der Waals surface area contributed by atoms with Gasteiger partial charge in [-0.05, 0) is 54.6 Å². The standard InChI is InChI=1S/C23H13ClF4N6O2/c24-16-11-13(3-6-17(16)25)34-20(23(26,27)28)19(32-33-34)22(35)31-12-1-4-14(5-2-12)36-18-8-10-30-21-15(18)7-9-29-21/h1-11H,(H,29,30)(H,31,35). The molecule has 0 saturated heterocycles. The van der Waals surface area contributed by atoms with Crippen LogP contribution >= 0.6 is 11.6 Å². The molecule has 0 fully saturated rings. The van der Waals surface area contributed by atoms with Gasteiger partial charge in [0.15, 0.2) is 11.4 Å². The molecular formula is C23H13ClF4N6O2. The molecule has 3 aromatic heterocycles. The van der Waals surface area contributed by atoms with Gasteiger partial charge in [0.2, 0.25) is 0 Å². The molecule has 0 atom stereocenters. The quantitative estimate of drug-likeness (QED) is 0.279. The summed E-state index contributed by atoms with van der Waals surface area (Å²) in [4.78, 5) is 19.8. The fourth-order valence-corrected chi connectivity index (χ4v) is 3.61. The third kappa shape index (κ3) is 4.45. The number of anilines is 1. The number of benzene rings is 2. The Hall–Kier alpha value is -4.45. The fraction of sp³-hybridized carbons (Fsp3) is 0.0435. The summed E-state index contributed by atoms with van der Waals surface area (Å²) in [6, 6.07) is 12.4. The normalized spacial score (nSPS) is 11.6. The molecule has 0 radical (unpaired) electrons. The first-order chi connectivity index (χ1) is 17.2. The van der Waals surface area contributed by atoms with E-state index in [2.05, 4.69) is 25.6 Å². The SMILES string of the molecule is O=C(Nc1ccc(Oc2ccnc3[nH]ccc23)cc1)c1nnn(-c2ccc(F)c(Cl)c2)c1C(F)(F)F. The Morgan fingerprint density at radius 1 is 1.08 bits per heavy atom. The molecule has 2 aromatic carbocycles. The first-order valence-electron chi connectivity index (χ1n) is 10.2. The number of alkyl halides is 3. The molecule has 0 aliphatic carbocycles. The third-order valence-corrected chi connectivity index (χ3v) is 5.35. The highest BCUT2D eigenvalue weighted by Crippen LogP contribution is 2.34. The van der Waals surface area contributed by atoms with E-state index >= 15 is 0 Å². The number of pyridine rings is 1. The number of rotatable bonds is 5. The number of ether oxygens (including phenoxy) is 1. The highest BCUT2D eigenvalue weighted by Gasteiger charge is 2.42. The van der Waals surface area contributed by atoms with Gasteiger partial charge in [-0.25, -0.2) is 14.1 Å². The Balaban J connectivity index is 1.38. The molecule has 1 amide bonds. The zero-order valence-corrected chi connectivity index (χ0v) is 18.6. The van der Waals surface area contributed by atoms with Gasteiger partial charge in [0.05, 0.1) is 16.1 Å². The van der Waals surface area contributed by atoms with E-state index in [4.69, 9.17) is 16.3 Å². The van der Waals surface area contributed by atoms with Crippen LogP contribution in [-0.2, 0) is 6.18 Å². The van der Waals surface area contributed by atoms with Crippen molar-refractivity contribution in [1.29, 1.82) is 0 Å². The Morgan fingerprint density at radius 3 is 2.58 bits per heavy atom. The molecule has 0 aliphatic rings. The summed E-state index contributed by atoms with van der Waals surface area (Å²) in [6.07, 6.45) is -1.70. The van der Waals surface area contributed by atoms with Crippen LogP contribution in [0.15, 0.2) is 67.0 Å². The van der Waals surface area contributed by atoms with E-state index < -0.39 is 34.3 Å². The summed E-state index contributed by atoms with van der Waals surface area (Å²) < 4.78 is 61.2. The lowest BCUT2D eigenvalue weighted by atomic mass is 10.2. The molecule has 13 heteroatoms. The second-order valence-corrected chi connectivity index (χ2v) is 7.83. The third-order valence-electron chi connectivity index (χ3n) is 5.06. The van der Waals surface area contributed by atoms with Crippen LogP contribution in [0.25, 0.3) is 16.7 Å². The van der Waals surface area contributed by atoms with Crippen molar-refractivity contribution in [3.8, 4) is 17.2 Å². The predicted octanol–water partition coefficient (Wildman–Crippen LogP) is 6.00. The highest BCUT2D eigenvalue weighted by molar-refractivity contribution is 6.30. The lowest BCUT2D eigenvalue weighted by Crippen LogP contribution is -2.21. The van der Waals surface area contributed by atoms with Crippen LogP contribution in [-0.4, -0.2) is 30.9 Å². The molecular weight excluding hydrogens is 504 g/mol. The Kier molecular flexibility index (Phi) is 5.80. The van der Waals surface area contributed by atoms with Crippen molar-refractivity contribution in [2.45, 2.75) is 6.18 Å². The van der Waals surface area contributed by atoms with E-state index in [-0.39, 0.29) is 11.4 Å². The topological polar surface area (TPSA) is 97.7 Å². The first kappa shape index (κ1) is 23.3. The second kappa shape index (κ2) is 8.96. The van der Waals surface area contributed by atoms with Crippen LogP contribution in [0.2, 0.25) is 5.02 Å². The van der Waals surface area contributed by atoms with Crippen molar-refractivity contribution in [2.75, 3.05) is 5.32 Å². The Morgan fingerprint density at radius 2 is 1.86 bits per heavy atom. The number of fused-ring (bicyclic) bond motifs is 1. The van der Waals surface area contributed by atoms with Gasteiger partial charge in [0.25, 0.3) is 5.91 Å². The highest BCUT2D eigenvalue weighted by atomic mass is 35.5.